The minimum Gasteiger partial charge on any atom is -0.383 e. The number of aliphatic hydroxyl groups is 1. The molecule has 0 aliphatic carbocycles. The van der Waals surface area contributed by atoms with Gasteiger partial charge < -0.3 is 5.11 Å². The quantitative estimate of drug-likeness (QED) is 0.385. The average molecular weight is 147 g/mol. The second-order valence-corrected chi connectivity index (χ2v) is 2.62. The molecule has 1 unspecified atom stereocenters. The van der Waals surface area contributed by atoms with E-state index in [0.717, 1.165) is 0 Å². The molecular weight excluding hydrogens is 134 g/mol. The molecule has 0 spiro atoms. The highest BCUT2D eigenvalue weighted by Gasteiger charge is 2.14. The molecule has 0 fully saturated rings. The number of nitrogens with one attached hydrogen (secondary N) is 1. The number of hydrogen-bond donors (Lipinski definition) is 3. The molecule has 60 valence electrons. The third-order valence-corrected chi connectivity index (χ3v) is 1.11. The van der Waals surface area contributed by atoms with Crippen LogP contribution in [-0.4, -0.2) is 22.3 Å². The Kier molecular flexibility index (Phi) is 3.99. The van der Waals surface area contributed by atoms with Gasteiger partial charge in [0.25, 0.3) is 5.91 Å². The summed E-state index contributed by atoms with van der Waals surface area (Å²) in [4.78, 5) is 10.4. The third-order valence-electron chi connectivity index (χ3n) is 1.11. The van der Waals surface area contributed by atoms with Crippen LogP contribution in [0.15, 0.2) is 0 Å². The number of amides is 1. The minimum absolute atomic E-state index is 0.243. The van der Waals surface area contributed by atoms with Gasteiger partial charge in [-0.25, -0.2) is 5.48 Å². The van der Waals surface area contributed by atoms with Crippen LogP contribution in [-0.2, 0) is 4.79 Å². The van der Waals surface area contributed by atoms with Gasteiger partial charge in [0.15, 0.2) is 0 Å². The van der Waals surface area contributed by atoms with E-state index in [-0.39, 0.29) is 5.92 Å². The van der Waals surface area contributed by atoms with Crippen molar-refractivity contribution in [3.05, 3.63) is 0 Å². The molecule has 0 saturated heterocycles. The molecular formula is C6H13NO3. The SMILES string of the molecule is CC(C)CC(O)C(=O)NO. The molecule has 0 rings (SSSR count). The van der Waals surface area contributed by atoms with E-state index < -0.39 is 12.0 Å². The molecule has 4 heteroatoms. The number of carbonyl (C=O) groups is 1. The number of carbonyl (C=O) groups excluding carboxylic acids is 1. The molecule has 0 heterocycles. The Morgan fingerprint density at radius 2 is 2.10 bits per heavy atom. The summed E-state index contributed by atoms with van der Waals surface area (Å²) in [5.41, 5.74) is 1.38. The Morgan fingerprint density at radius 3 is 2.40 bits per heavy atom. The van der Waals surface area contributed by atoms with E-state index >= 15 is 0 Å². The lowest BCUT2D eigenvalue weighted by Crippen LogP contribution is -2.32. The Hall–Kier alpha value is -0.610. The van der Waals surface area contributed by atoms with E-state index in [0.29, 0.717) is 6.42 Å². The van der Waals surface area contributed by atoms with E-state index in [9.17, 15) is 4.79 Å². The zero-order valence-electron chi connectivity index (χ0n) is 6.16. The van der Waals surface area contributed by atoms with Gasteiger partial charge in [-0.05, 0) is 12.3 Å². The highest BCUT2D eigenvalue weighted by molar-refractivity contribution is 5.79. The van der Waals surface area contributed by atoms with E-state index in [1.54, 1.807) is 0 Å². The topological polar surface area (TPSA) is 69.6 Å². The smallest absolute Gasteiger partial charge is 0.272 e. The predicted octanol–water partition coefficient (Wildman–Crippen LogP) is -0.101. The van der Waals surface area contributed by atoms with Crippen molar-refractivity contribution < 1.29 is 15.1 Å². The summed E-state index contributed by atoms with van der Waals surface area (Å²) in [6, 6.07) is 0. The lowest BCUT2D eigenvalue weighted by atomic mass is 10.1. The molecule has 0 saturated carbocycles. The van der Waals surface area contributed by atoms with Crippen molar-refractivity contribution in [3.63, 3.8) is 0 Å². The van der Waals surface area contributed by atoms with Crippen molar-refractivity contribution in [1.29, 1.82) is 0 Å². The van der Waals surface area contributed by atoms with Crippen LogP contribution in [0, 0.1) is 5.92 Å². The molecule has 4 nitrogen and oxygen atoms in total. The molecule has 10 heavy (non-hydrogen) atoms. The van der Waals surface area contributed by atoms with E-state index in [2.05, 4.69) is 0 Å². The maximum Gasteiger partial charge on any atom is 0.272 e. The first-order valence-electron chi connectivity index (χ1n) is 3.20. The van der Waals surface area contributed by atoms with Gasteiger partial charge in [-0.1, -0.05) is 13.8 Å². The lowest BCUT2D eigenvalue weighted by molar-refractivity contribution is -0.138. The van der Waals surface area contributed by atoms with Crippen molar-refractivity contribution in [1.82, 2.24) is 5.48 Å². The molecule has 0 aromatic rings. The monoisotopic (exact) mass is 147 g/mol. The molecule has 0 aromatic heterocycles. The third kappa shape index (κ3) is 3.42. The number of hydroxylamine groups is 1. The molecule has 0 aliphatic heterocycles. The van der Waals surface area contributed by atoms with Crippen LogP contribution < -0.4 is 5.48 Å². The first kappa shape index (κ1) is 9.39. The Bertz CT molecular complexity index is 114. The summed E-state index contributed by atoms with van der Waals surface area (Å²) >= 11 is 0. The van der Waals surface area contributed by atoms with Crippen LogP contribution in [0.5, 0.6) is 0 Å². The fourth-order valence-corrected chi connectivity index (χ4v) is 0.628. The van der Waals surface area contributed by atoms with Gasteiger partial charge in [0.2, 0.25) is 0 Å². The minimum atomic E-state index is -1.09. The maximum atomic E-state index is 10.4. The first-order chi connectivity index (χ1) is 4.57. The second-order valence-electron chi connectivity index (χ2n) is 2.62. The molecule has 0 radical (unpaired) electrons. The van der Waals surface area contributed by atoms with E-state index in [1.807, 2.05) is 13.8 Å². The maximum absolute atomic E-state index is 10.4. The Balaban J connectivity index is 3.61. The van der Waals surface area contributed by atoms with Crippen molar-refractivity contribution in [3.8, 4) is 0 Å². The summed E-state index contributed by atoms with van der Waals surface area (Å²) in [5.74, 6) is -0.499. The van der Waals surface area contributed by atoms with Crippen LogP contribution >= 0.6 is 0 Å². The summed E-state index contributed by atoms with van der Waals surface area (Å²) in [5, 5.41) is 17.0. The molecule has 1 amide bonds. The molecule has 1 atom stereocenters. The summed E-state index contributed by atoms with van der Waals surface area (Å²) in [7, 11) is 0. The number of aliphatic hydroxyl groups excluding tert-OH is 1. The fourth-order valence-electron chi connectivity index (χ4n) is 0.628. The Morgan fingerprint density at radius 1 is 1.60 bits per heavy atom. The van der Waals surface area contributed by atoms with E-state index in [1.165, 1.54) is 5.48 Å². The van der Waals surface area contributed by atoms with Gasteiger partial charge in [-0.15, -0.1) is 0 Å². The van der Waals surface area contributed by atoms with Gasteiger partial charge in [0, 0.05) is 0 Å². The van der Waals surface area contributed by atoms with Crippen LogP contribution in [0.25, 0.3) is 0 Å². The molecule has 0 bridgehead atoms. The Labute approximate surface area is 59.8 Å². The normalized spacial score (nSPS) is 13.3. The highest BCUT2D eigenvalue weighted by Crippen LogP contribution is 2.03. The van der Waals surface area contributed by atoms with Gasteiger partial charge in [-0.3, -0.25) is 10.0 Å². The number of hydrogen-bond acceptors (Lipinski definition) is 3. The van der Waals surface area contributed by atoms with Crippen molar-refractivity contribution in [2.45, 2.75) is 26.4 Å². The molecule has 0 aliphatic rings. The molecule has 0 aromatic carbocycles. The van der Waals surface area contributed by atoms with Gasteiger partial charge in [-0.2, -0.15) is 0 Å². The summed E-state index contributed by atoms with van der Waals surface area (Å²) in [6.45, 7) is 3.77. The largest absolute Gasteiger partial charge is 0.383 e. The lowest BCUT2D eigenvalue weighted by Gasteiger charge is -2.09. The zero-order valence-corrected chi connectivity index (χ0v) is 6.16. The van der Waals surface area contributed by atoms with Crippen molar-refractivity contribution >= 4 is 5.91 Å². The molecule has 3 N–H and O–H groups in total. The second kappa shape index (κ2) is 4.24. The summed E-state index contributed by atoms with van der Waals surface area (Å²) < 4.78 is 0. The fraction of sp³-hybridized carbons (Fsp3) is 0.833. The predicted molar refractivity (Wildman–Crippen MR) is 35.4 cm³/mol. The summed E-state index contributed by atoms with van der Waals surface area (Å²) in [6.07, 6.45) is -0.725. The van der Waals surface area contributed by atoms with Gasteiger partial charge >= 0.3 is 0 Å². The van der Waals surface area contributed by atoms with Crippen LogP contribution in [0.4, 0.5) is 0 Å². The highest BCUT2D eigenvalue weighted by atomic mass is 16.5. The first-order valence-corrected chi connectivity index (χ1v) is 3.20. The zero-order chi connectivity index (χ0) is 8.15. The van der Waals surface area contributed by atoms with Crippen LogP contribution in [0.2, 0.25) is 0 Å². The van der Waals surface area contributed by atoms with Gasteiger partial charge in [0.1, 0.15) is 6.10 Å². The van der Waals surface area contributed by atoms with Gasteiger partial charge in [0.05, 0.1) is 0 Å². The standard InChI is InChI=1S/C6H13NO3/c1-4(2)3-5(8)6(9)7-10/h4-5,8,10H,3H2,1-2H3,(H,7,9). The van der Waals surface area contributed by atoms with Crippen LogP contribution in [0.1, 0.15) is 20.3 Å². The number of rotatable bonds is 3. The van der Waals surface area contributed by atoms with Crippen molar-refractivity contribution in [2.24, 2.45) is 5.92 Å². The van der Waals surface area contributed by atoms with Crippen LogP contribution in [0.3, 0.4) is 0 Å². The van der Waals surface area contributed by atoms with E-state index in [4.69, 9.17) is 10.3 Å². The van der Waals surface area contributed by atoms with Crippen molar-refractivity contribution in [2.75, 3.05) is 0 Å². The average Bonchev–Trinajstić information content (AvgIpc) is 1.85.